The highest BCUT2D eigenvalue weighted by Gasteiger charge is 2.28. The van der Waals surface area contributed by atoms with Crippen LogP contribution in [0.25, 0.3) is 0 Å². The second-order valence-corrected chi connectivity index (χ2v) is 8.74. The van der Waals surface area contributed by atoms with Gasteiger partial charge in [0.1, 0.15) is 5.75 Å². The predicted molar refractivity (Wildman–Crippen MR) is 105 cm³/mol. The number of sulfonamides is 1. The van der Waals surface area contributed by atoms with E-state index in [0.717, 1.165) is 18.4 Å². The van der Waals surface area contributed by atoms with Crippen LogP contribution in [0.5, 0.6) is 5.75 Å². The lowest BCUT2D eigenvalue weighted by Gasteiger charge is -2.17. The standard InChI is InChI=1S/C19H21ClN2O4S/c1-13-5-6-14(11-17(13)20)21-19(23)16-12-15(7-8-18(16)26-2)27(24,25)22-9-3-4-10-22/h5-8,11-12H,3-4,9-10H2,1-2H3,(H,21,23). The van der Waals surface area contributed by atoms with Gasteiger partial charge in [-0.15, -0.1) is 0 Å². The maximum absolute atomic E-state index is 12.8. The molecule has 1 heterocycles. The van der Waals surface area contributed by atoms with Crippen LogP contribution in [0.3, 0.4) is 0 Å². The molecule has 0 spiro atoms. The number of benzene rings is 2. The first-order valence-corrected chi connectivity index (χ1v) is 10.4. The summed E-state index contributed by atoms with van der Waals surface area (Å²) in [6.45, 7) is 2.86. The molecule has 0 aromatic heterocycles. The number of anilines is 1. The molecule has 27 heavy (non-hydrogen) atoms. The van der Waals surface area contributed by atoms with Gasteiger partial charge in [-0.2, -0.15) is 4.31 Å². The number of nitrogens with one attached hydrogen (secondary N) is 1. The van der Waals surface area contributed by atoms with E-state index in [1.807, 2.05) is 6.92 Å². The van der Waals surface area contributed by atoms with Crippen LogP contribution in [0, 0.1) is 6.92 Å². The number of hydrogen-bond donors (Lipinski definition) is 1. The molecular formula is C19H21ClN2O4S. The SMILES string of the molecule is COc1ccc(S(=O)(=O)N2CCCC2)cc1C(=O)Nc1ccc(C)c(Cl)c1. The zero-order valence-corrected chi connectivity index (χ0v) is 16.7. The van der Waals surface area contributed by atoms with Crippen LogP contribution in [-0.4, -0.2) is 38.8 Å². The van der Waals surface area contributed by atoms with Gasteiger partial charge < -0.3 is 10.1 Å². The van der Waals surface area contributed by atoms with Crippen molar-refractivity contribution in [2.45, 2.75) is 24.7 Å². The summed E-state index contributed by atoms with van der Waals surface area (Å²) in [6, 6.07) is 9.50. The molecule has 0 radical (unpaired) electrons. The first kappa shape index (κ1) is 19.7. The number of halogens is 1. The van der Waals surface area contributed by atoms with E-state index < -0.39 is 15.9 Å². The van der Waals surface area contributed by atoms with Crippen LogP contribution >= 0.6 is 11.6 Å². The van der Waals surface area contributed by atoms with Gasteiger partial charge in [0.2, 0.25) is 10.0 Å². The summed E-state index contributed by atoms with van der Waals surface area (Å²) in [6.07, 6.45) is 1.69. The van der Waals surface area contributed by atoms with Gasteiger partial charge in [-0.25, -0.2) is 8.42 Å². The molecule has 0 bridgehead atoms. The summed E-state index contributed by atoms with van der Waals surface area (Å²) in [5, 5.41) is 3.27. The highest BCUT2D eigenvalue weighted by molar-refractivity contribution is 7.89. The molecule has 0 aliphatic carbocycles. The Balaban J connectivity index is 1.93. The first-order valence-electron chi connectivity index (χ1n) is 8.58. The van der Waals surface area contributed by atoms with Crippen molar-refractivity contribution in [2.75, 3.05) is 25.5 Å². The van der Waals surface area contributed by atoms with Crippen LogP contribution in [0.2, 0.25) is 5.02 Å². The van der Waals surface area contributed by atoms with E-state index in [1.54, 1.807) is 18.2 Å². The summed E-state index contributed by atoms with van der Waals surface area (Å²) in [7, 11) is -2.19. The van der Waals surface area contributed by atoms with Gasteiger partial charge in [0, 0.05) is 23.8 Å². The Morgan fingerprint density at radius 3 is 2.48 bits per heavy atom. The van der Waals surface area contributed by atoms with E-state index in [-0.39, 0.29) is 10.5 Å². The van der Waals surface area contributed by atoms with Crippen molar-refractivity contribution in [3.8, 4) is 5.75 Å². The van der Waals surface area contributed by atoms with E-state index in [4.69, 9.17) is 16.3 Å². The van der Waals surface area contributed by atoms with E-state index in [1.165, 1.54) is 29.6 Å². The molecule has 1 N–H and O–H groups in total. The monoisotopic (exact) mass is 408 g/mol. The van der Waals surface area contributed by atoms with Gasteiger partial charge in [0.15, 0.2) is 0 Å². The van der Waals surface area contributed by atoms with Gasteiger partial charge in [-0.1, -0.05) is 17.7 Å². The lowest BCUT2D eigenvalue weighted by Crippen LogP contribution is -2.28. The highest BCUT2D eigenvalue weighted by atomic mass is 35.5. The van der Waals surface area contributed by atoms with E-state index >= 15 is 0 Å². The molecule has 3 rings (SSSR count). The van der Waals surface area contributed by atoms with Gasteiger partial charge in [0.25, 0.3) is 5.91 Å². The maximum atomic E-state index is 12.8. The minimum Gasteiger partial charge on any atom is -0.496 e. The smallest absolute Gasteiger partial charge is 0.259 e. The maximum Gasteiger partial charge on any atom is 0.259 e. The quantitative estimate of drug-likeness (QED) is 0.818. The second-order valence-electron chi connectivity index (χ2n) is 6.39. The number of ether oxygens (including phenoxy) is 1. The average Bonchev–Trinajstić information content (AvgIpc) is 3.19. The number of carbonyl (C=O) groups is 1. The molecule has 1 saturated heterocycles. The Morgan fingerprint density at radius 1 is 1.15 bits per heavy atom. The molecule has 1 amide bonds. The zero-order valence-electron chi connectivity index (χ0n) is 15.2. The number of amides is 1. The molecule has 1 fully saturated rings. The van der Waals surface area contributed by atoms with E-state index in [0.29, 0.717) is 29.5 Å². The molecule has 0 unspecified atom stereocenters. The Labute approximate surface area is 164 Å². The molecule has 2 aromatic rings. The number of hydrogen-bond acceptors (Lipinski definition) is 4. The lowest BCUT2D eigenvalue weighted by atomic mass is 10.1. The summed E-state index contributed by atoms with van der Waals surface area (Å²) >= 11 is 6.10. The van der Waals surface area contributed by atoms with Crippen LogP contribution in [0.4, 0.5) is 5.69 Å². The average molecular weight is 409 g/mol. The molecule has 0 saturated carbocycles. The third-order valence-electron chi connectivity index (χ3n) is 4.55. The third kappa shape index (κ3) is 4.10. The van der Waals surface area contributed by atoms with E-state index in [9.17, 15) is 13.2 Å². The molecule has 0 atom stereocenters. The third-order valence-corrected chi connectivity index (χ3v) is 6.85. The fraction of sp³-hybridized carbons (Fsp3) is 0.316. The van der Waals surface area contributed by atoms with Crippen molar-refractivity contribution in [3.63, 3.8) is 0 Å². The van der Waals surface area contributed by atoms with Crippen molar-refractivity contribution >= 4 is 33.2 Å². The molecular weight excluding hydrogens is 388 g/mol. The fourth-order valence-corrected chi connectivity index (χ4v) is 4.70. The second kappa shape index (κ2) is 7.88. The van der Waals surface area contributed by atoms with Gasteiger partial charge in [-0.3, -0.25) is 4.79 Å². The Hall–Kier alpha value is -2.09. The number of aryl methyl sites for hydroxylation is 1. The molecule has 1 aliphatic rings. The van der Waals surface area contributed by atoms with Crippen LogP contribution in [0.15, 0.2) is 41.3 Å². The van der Waals surface area contributed by atoms with Crippen LogP contribution in [0.1, 0.15) is 28.8 Å². The van der Waals surface area contributed by atoms with Crippen molar-refractivity contribution in [1.82, 2.24) is 4.31 Å². The molecule has 8 heteroatoms. The Morgan fingerprint density at radius 2 is 1.85 bits per heavy atom. The van der Waals surface area contributed by atoms with Crippen molar-refractivity contribution in [1.29, 1.82) is 0 Å². The molecule has 2 aromatic carbocycles. The minimum atomic E-state index is -3.63. The van der Waals surface area contributed by atoms with Gasteiger partial charge in [-0.05, 0) is 55.7 Å². The number of nitrogens with zero attached hydrogens (tertiary/aromatic N) is 1. The number of carbonyl (C=O) groups excluding carboxylic acids is 1. The molecule has 6 nitrogen and oxygen atoms in total. The zero-order chi connectivity index (χ0) is 19.6. The van der Waals surface area contributed by atoms with Crippen LogP contribution < -0.4 is 10.1 Å². The lowest BCUT2D eigenvalue weighted by molar-refractivity contribution is 0.102. The van der Waals surface area contributed by atoms with Gasteiger partial charge in [0.05, 0.1) is 17.6 Å². The highest BCUT2D eigenvalue weighted by Crippen LogP contribution is 2.28. The summed E-state index contributed by atoms with van der Waals surface area (Å²) in [4.78, 5) is 12.8. The number of methoxy groups -OCH3 is 1. The molecule has 1 aliphatic heterocycles. The number of rotatable bonds is 5. The Bertz CT molecular complexity index is 970. The van der Waals surface area contributed by atoms with Crippen molar-refractivity contribution in [3.05, 3.63) is 52.5 Å². The van der Waals surface area contributed by atoms with Crippen molar-refractivity contribution in [2.24, 2.45) is 0 Å². The summed E-state index contributed by atoms with van der Waals surface area (Å²) in [5.41, 5.74) is 1.56. The Kier molecular flexibility index (Phi) is 5.74. The largest absolute Gasteiger partial charge is 0.496 e. The minimum absolute atomic E-state index is 0.0808. The molecule has 144 valence electrons. The normalized spacial score (nSPS) is 14.9. The van der Waals surface area contributed by atoms with Crippen LogP contribution in [-0.2, 0) is 10.0 Å². The van der Waals surface area contributed by atoms with E-state index in [2.05, 4.69) is 5.32 Å². The van der Waals surface area contributed by atoms with Gasteiger partial charge >= 0.3 is 0 Å². The summed E-state index contributed by atoms with van der Waals surface area (Å²) < 4.78 is 32.3. The topological polar surface area (TPSA) is 75.7 Å². The fourth-order valence-electron chi connectivity index (χ4n) is 2.97. The predicted octanol–water partition coefficient (Wildman–Crippen LogP) is 3.69. The first-order chi connectivity index (χ1) is 12.8. The van der Waals surface area contributed by atoms with Crippen molar-refractivity contribution < 1.29 is 17.9 Å². The summed E-state index contributed by atoms with van der Waals surface area (Å²) in [5.74, 6) is -0.170.